The van der Waals surface area contributed by atoms with Crippen molar-refractivity contribution in [3.05, 3.63) is 71.8 Å². The Morgan fingerprint density at radius 1 is 0.694 bits per heavy atom. The van der Waals surface area contributed by atoms with Crippen LogP contribution in [0, 0.1) is 0 Å². The van der Waals surface area contributed by atoms with Crippen LogP contribution in [0.4, 0.5) is 19.2 Å². The predicted molar refractivity (Wildman–Crippen MR) is 188 cm³/mol. The average molecular weight is 705 g/mol. The molecule has 13 heteroatoms. The summed E-state index contributed by atoms with van der Waals surface area (Å²) < 4.78 is 20.3. The highest BCUT2D eigenvalue weighted by atomic mass is 35.5. The Balaban J connectivity index is 0.000000282. The van der Waals surface area contributed by atoms with Gasteiger partial charge in [-0.2, -0.15) is 0 Å². The maximum Gasteiger partial charge on any atom is 0.410 e. The summed E-state index contributed by atoms with van der Waals surface area (Å²) >= 11 is 4.97. The predicted octanol–water partition coefficient (Wildman–Crippen LogP) is 7.14. The number of carbonyl (C=O) groups is 4. The van der Waals surface area contributed by atoms with Crippen LogP contribution in [0.5, 0.6) is 0 Å². The molecule has 0 aliphatic carbocycles. The smallest absolute Gasteiger partial charge is 0.410 e. The number of halogens is 1. The molecule has 4 rings (SSSR count). The number of nitrogens with one attached hydrogen (secondary N) is 3. The fourth-order valence-electron chi connectivity index (χ4n) is 4.65. The van der Waals surface area contributed by atoms with Gasteiger partial charge in [-0.15, -0.1) is 0 Å². The number of carbonyl (C=O) groups excluding carboxylic acids is 4. The van der Waals surface area contributed by atoms with Gasteiger partial charge in [-0.1, -0.05) is 60.7 Å². The van der Waals surface area contributed by atoms with E-state index in [-0.39, 0.29) is 37.5 Å². The lowest BCUT2D eigenvalue weighted by molar-refractivity contribution is 0.0465. The lowest BCUT2D eigenvalue weighted by Crippen LogP contribution is -2.47. The van der Waals surface area contributed by atoms with E-state index < -0.39 is 22.7 Å². The monoisotopic (exact) mass is 704 g/mol. The minimum atomic E-state index is -0.770. The summed E-state index contributed by atoms with van der Waals surface area (Å²) in [5.41, 5.74) is 0.214. The van der Waals surface area contributed by atoms with E-state index in [1.165, 1.54) is 0 Å². The van der Waals surface area contributed by atoms with Crippen LogP contribution in [-0.4, -0.2) is 78.1 Å². The molecule has 3 N–H and O–H groups in total. The van der Waals surface area contributed by atoms with Crippen LogP contribution in [0.2, 0.25) is 0 Å². The molecule has 0 aromatic heterocycles. The number of rotatable bonds is 6. The number of amides is 3. The number of hydrogen-bond acceptors (Lipinski definition) is 9. The third-order valence-corrected chi connectivity index (χ3v) is 7.04. The first-order valence-corrected chi connectivity index (χ1v) is 17.0. The van der Waals surface area contributed by atoms with Crippen molar-refractivity contribution in [1.82, 2.24) is 20.9 Å². The molecule has 2 aromatic rings. The van der Waals surface area contributed by atoms with Gasteiger partial charge in [-0.05, 0) is 91.4 Å². The number of benzene rings is 2. The van der Waals surface area contributed by atoms with Crippen molar-refractivity contribution in [2.24, 2.45) is 0 Å². The van der Waals surface area contributed by atoms with E-state index in [9.17, 15) is 19.2 Å². The number of alkyl carbamates (subject to hydrolysis) is 2. The second-order valence-electron chi connectivity index (χ2n) is 13.6. The van der Waals surface area contributed by atoms with E-state index in [0.717, 1.165) is 37.1 Å². The average Bonchev–Trinajstić information content (AvgIpc) is 3.03. The van der Waals surface area contributed by atoms with E-state index in [4.69, 9.17) is 25.8 Å². The Morgan fingerprint density at radius 3 is 1.51 bits per heavy atom. The van der Waals surface area contributed by atoms with Crippen LogP contribution in [0.25, 0.3) is 0 Å². The first-order valence-electron chi connectivity index (χ1n) is 16.6. The van der Waals surface area contributed by atoms with Crippen LogP contribution < -0.4 is 16.0 Å². The normalized spacial score (nSPS) is 15.2. The Kier molecular flexibility index (Phi) is 17.8. The molecule has 49 heavy (non-hydrogen) atoms. The largest absolute Gasteiger partial charge is 0.449 e. The molecule has 2 fully saturated rings. The van der Waals surface area contributed by atoms with Gasteiger partial charge in [-0.25, -0.2) is 19.2 Å². The van der Waals surface area contributed by atoms with Crippen molar-refractivity contribution < 1.29 is 38.1 Å². The lowest BCUT2D eigenvalue weighted by atomic mass is 10.1. The fraction of sp³-hybridized carbons (Fsp3) is 0.556. The number of piperidine rings is 2. The first kappa shape index (κ1) is 41.1. The van der Waals surface area contributed by atoms with Gasteiger partial charge in [0.2, 0.25) is 0 Å². The summed E-state index contributed by atoms with van der Waals surface area (Å²) in [7, 11) is 0. The van der Waals surface area contributed by atoms with E-state index in [1.807, 2.05) is 102 Å². The van der Waals surface area contributed by atoms with Gasteiger partial charge >= 0.3 is 23.7 Å². The molecule has 2 aliphatic heterocycles. The molecule has 0 unspecified atom stereocenters. The molecule has 2 aliphatic rings. The van der Waals surface area contributed by atoms with Crippen LogP contribution >= 0.6 is 11.6 Å². The standard InChI is InChI=1S/C18H26N2O4.C10H20N2O2.C8H7ClO2/c1-18(2,3)24-16(21)19-15-9-11-20(12-10-15)17(22)23-13-14-7-5-4-6-8-14;1-10(2,3)14-9(13)12-8-4-6-11-7-5-8;9-8(10)11-6-7-4-2-1-3-5-7/h4-8,15H,9-13H2,1-3H3,(H,19,21);8,11H,4-7H2,1-3H3,(H,12,13);1-5H,6H2. The van der Waals surface area contributed by atoms with Crippen molar-refractivity contribution in [1.29, 1.82) is 0 Å². The van der Waals surface area contributed by atoms with Crippen molar-refractivity contribution in [3.8, 4) is 0 Å². The molecule has 272 valence electrons. The summed E-state index contributed by atoms with van der Waals surface area (Å²) in [4.78, 5) is 47.1. The Morgan fingerprint density at radius 2 is 1.10 bits per heavy atom. The van der Waals surface area contributed by atoms with Crippen LogP contribution in [0.15, 0.2) is 60.7 Å². The van der Waals surface area contributed by atoms with E-state index in [2.05, 4.69) is 20.7 Å². The van der Waals surface area contributed by atoms with Gasteiger partial charge in [-0.3, -0.25) is 0 Å². The van der Waals surface area contributed by atoms with E-state index >= 15 is 0 Å². The topological polar surface area (TPSA) is 145 Å². The maximum absolute atomic E-state index is 12.1. The van der Waals surface area contributed by atoms with Crippen molar-refractivity contribution in [2.75, 3.05) is 26.2 Å². The molecule has 0 spiro atoms. The lowest BCUT2D eigenvalue weighted by Gasteiger charge is -2.32. The second kappa shape index (κ2) is 21.1. The maximum atomic E-state index is 12.1. The molecule has 2 heterocycles. The summed E-state index contributed by atoms with van der Waals surface area (Å²) in [6, 6.07) is 19.3. The van der Waals surface area contributed by atoms with Gasteiger partial charge in [0.05, 0.1) is 0 Å². The van der Waals surface area contributed by atoms with Crippen LogP contribution in [0.3, 0.4) is 0 Å². The van der Waals surface area contributed by atoms with Crippen molar-refractivity contribution in [2.45, 2.75) is 104 Å². The van der Waals surface area contributed by atoms with E-state index in [0.29, 0.717) is 25.9 Å². The van der Waals surface area contributed by atoms with Crippen LogP contribution in [0.1, 0.15) is 78.4 Å². The quantitative estimate of drug-likeness (QED) is 0.211. The van der Waals surface area contributed by atoms with Gasteiger partial charge in [0.15, 0.2) is 0 Å². The fourth-order valence-corrected chi connectivity index (χ4v) is 4.70. The highest BCUT2D eigenvalue weighted by molar-refractivity contribution is 6.61. The number of ether oxygens (including phenoxy) is 4. The molecular weight excluding hydrogens is 652 g/mol. The van der Waals surface area contributed by atoms with Crippen LogP contribution in [-0.2, 0) is 32.2 Å². The Labute approximate surface area is 295 Å². The Hall–Kier alpha value is -4.03. The molecular formula is C36H53ClN4O8. The summed E-state index contributed by atoms with van der Waals surface area (Å²) in [6.45, 7) is 14.7. The molecule has 12 nitrogen and oxygen atoms in total. The zero-order valence-corrected chi connectivity index (χ0v) is 30.3. The summed E-state index contributed by atoms with van der Waals surface area (Å²) in [5.74, 6) is 0. The zero-order valence-electron chi connectivity index (χ0n) is 29.6. The SMILES string of the molecule is CC(C)(C)OC(=O)NC1CCN(C(=O)OCc2ccccc2)CC1.CC(C)(C)OC(=O)NC1CCNCC1.O=C(Cl)OCc1ccccc1. The highest BCUT2D eigenvalue weighted by Gasteiger charge is 2.26. The molecule has 0 radical (unpaired) electrons. The molecule has 0 atom stereocenters. The van der Waals surface area contributed by atoms with Gasteiger partial charge in [0.25, 0.3) is 0 Å². The number of nitrogens with zero attached hydrogens (tertiary/aromatic N) is 1. The summed E-state index contributed by atoms with van der Waals surface area (Å²) in [6.07, 6.45) is 2.34. The molecule has 3 amide bonds. The number of likely N-dealkylation sites (tertiary alicyclic amines) is 1. The van der Waals surface area contributed by atoms with Gasteiger partial charge < -0.3 is 39.8 Å². The Bertz CT molecular complexity index is 1270. The van der Waals surface area contributed by atoms with E-state index in [1.54, 1.807) is 4.90 Å². The highest BCUT2D eigenvalue weighted by Crippen LogP contribution is 2.14. The van der Waals surface area contributed by atoms with Gasteiger partial charge in [0, 0.05) is 36.8 Å². The second-order valence-corrected chi connectivity index (χ2v) is 13.9. The molecule has 2 aromatic carbocycles. The molecule has 0 bridgehead atoms. The minimum absolute atomic E-state index is 0.0259. The third-order valence-electron chi connectivity index (χ3n) is 6.93. The van der Waals surface area contributed by atoms with Crippen molar-refractivity contribution in [3.63, 3.8) is 0 Å². The first-order chi connectivity index (χ1) is 23.1. The summed E-state index contributed by atoms with van der Waals surface area (Å²) in [5, 5.41) is 8.97. The van der Waals surface area contributed by atoms with Crippen molar-refractivity contribution >= 4 is 35.3 Å². The molecule has 0 saturated carbocycles. The zero-order chi connectivity index (χ0) is 36.3. The number of hydrogen-bond donors (Lipinski definition) is 3. The van der Waals surface area contributed by atoms with Gasteiger partial charge in [0.1, 0.15) is 24.4 Å². The molecule has 2 saturated heterocycles. The third kappa shape index (κ3) is 20.2. The minimum Gasteiger partial charge on any atom is -0.449 e.